The van der Waals surface area contributed by atoms with Gasteiger partial charge in [0.25, 0.3) is 0 Å². The van der Waals surface area contributed by atoms with Gasteiger partial charge in [0.2, 0.25) is 0 Å². The summed E-state index contributed by atoms with van der Waals surface area (Å²) in [6.45, 7) is 3.94. The van der Waals surface area contributed by atoms with Crippen LogP contribution in [0.5, 0.6) is 0 Å². The van der Waals surface area contributed by atoms with Gasteiger partial charge in [-0.3, -0.25) is 0 Å². The fraction of sp³-hybridized carbons (Fsp3) is 0.417. The van der Waals surface area contributed by atoms with Crippen LogP contribution in [0.3, 0.4) is 0 Å². The lowest BCUT2D eigenvalue weighted by Gasteiger charge is -2.23. The second kappa shape index (κ2) is 4.94. The van der Waals surface area contributed by atoms with Crippen molar-refractivity contribution in [3.8, 4) is 0 Å². The third-order valence-electron chi connectivity index (χ3n) is 2.78. The second-order valence-electron chi connectivity index (χ2n) is 3.89. The van der Waals surface area contributed by atoms with E-state index in [0.29, 0.717) is 11.7 Å². The molecule has 0 saturated heterocycles. The van der Waals surface area contributed by atoms with Gasteiger partial charge in [-0.05, 0) is 32.9 Å². The summed E-state index contributed by atoms with van der Waals surface area (Å²) in [5.41, 5.74) is 9.75. The molecule has 0 bridgehead atoms. The van der Waals surface area contributed by atoms with Gasteiger partial charge in [-0.25, -0.2) is 0 Å². The van der Waals surface area contributed by atoms with Crippen molar-refractivity contribution < 1.29 is 0 Å². The molecule has 4 N–H and O–H groups in total. The zero-order valence-electron chi connectivity index (χ0n) is 9.59. The fourth-order valence-corrected chi connectivity index (χ4v) is 1.79. The molecule has 1 rings (SSSR count). The lowest BCUT2D eigenvalue weighted by Crippen LogP contribution is -2.29. The van der Waals surface area contributed by atoms with Crippen molar-refractivity contribution in [2.75, 3.05) is 7.05 Å². The van der Waals surface area contributed by atoms with Crippen LogP contribution in [0.25, 0.3) is 0 Å². The van der Waals surface area contributed by atoms with E-state index in [1.165, 1.54) is 11.8 Å². The van der Waals surface area contributed by atoms with Crippen molar-refractivity contribution in [3.05, 3.63) is 34.6 Å². The summed E-state index contributed by atoms with van der Waals surface area (Å²) in [5.74, 6) is 0. The summed E-state index contributed by atoms with van der Waals surface area (Å²) in [7, 11) is 1.95. The van der Waals surface area contributed by atoms with Gasteiger partial charge in [-0.1, -0.05) is 17.7 Å². The Kier molecular flexibility index (Phi) is 3.86. The smallest absolute Gasteiger partial charge is 0.0317 e. The van der Waals surface area contributed by atoms with Crippen LogP contribution in [0.15, 0.2) is 34.6 Å². The van der Waals surface area contributed by atoms with E-state index in [1.807, 2.05) is 14.0 Å². The first-order valence-electron chi connectivity index (χ1n) is 5.12. The standard InChI is InChI=1S/C12H19N3/c1-8-4-5-10(6-12(8)15-3)11(7-13)9(2)14/h4-5,7,12-13,15H,6,14H2,1-3H3/b11-9+,13-7?. The van der Waals surface area contributed by atoms with Crippen LogP contribution in [0.1, 0.15) is 20.3 Å². The van der Waals surface area contributed by atoms with Crippen molar-refractivity contribution >= 4 is 6.21 Å². The van der Waals surface area contributed by atoms with Gasteiger partial charge in [0.05, 0.1) is 0 Å². The van der Waals surface area contributed by atoms with Crippen molar-refractivity contribution in [2.45, 2.75) is 26.3 Å². The summed E-state index contributed by atoms with van der Waals surface area (Å²) in [6.07, 6.45) is 6.38. The van der Waals surface area contributed by atoms with Crippen LogP contribution >= 0.6 is 0 Å². The molecule has 15 heavy (non-hydrogen) atoms. The first-order valence-corrected chi connectivity index (χ1v) is 5.12. The van der Waals surface area contributed by atoms with Crippen LogP contribution in [0.4, 0.5) is 0 Å². The maximum absolute atomic E-state index is 7.36. The summed E-state index contributed by atoms with van der Waals surface area (Å²) in [6, 6.07) is 0.360. The number of hydrogen-bond acceptors (Lipinski definition) is 3. The number of allylic oxidation sites excluding steroid dienone is 4. The molecule has 0 aromatic rings. The molecule has 1 aliphatic carbocycles. The molecule has 0 fully saturated rings. The van der Waals surface area contributed by atoms with Crippen molar-refractivity contribution in [3.63, 3.8) is 0 Å². The molecule has 1 atom stereocenters. The first kappa shape index (κ1) is 11.7. The number of hydrogen-bond donors (Lipinski definition) is 3. The van der Waals surface area contributed by atoms with Crippen molar-refractivity contribution in [2.24, 2.45) is 5.73 Å². The Balaban J connectivity index is 3.00. The Morgan fingerprint density at radius 1 is 1.60 bits per heavy atom. The lowest BCUT2D eigenvalue weighted by atomic mass is 9.89. The van der Waals surface area contributed by atoms with Gasteiger partial charge in [0.15, 0.2) is 0 Å². The average molecular weight is 205 g/mol. The van der Waals surface area contributed by atoms with E-state index < -0.39 is 0 Å². The van der Waals surface area contributed by atoms with E-state index in [-0.39, 0.29) is 0 Å². The molecular formula is C12H19N3. The first-order chi connectivity index (χ1) is 7.10. The van der Waals surface area contributed by atoms with Gasteiger partial charge >= 0.3 is 0 Å². The summed E-state index contributed by atoms with van der Waals surface area (Å²) in [5, 5.41) is 10.6. The Labute approximate surface area is 91.3 Å². The van der Waals surface area contributed by atoms with Gasteiger partial charge in [-0.15, -0.1) is 0 Å². The topological polar surface area (TPSA) is 61.9 Å². The number of rotatable bonds is 3. The molecule has 3 nitrogen and oxygen atoms in total. The van der Waals surface area contributed by atoms with Gasteiger partial charge in [0, 0.05) is 23.5 Å². The van der Waals surface area contributed by atoms with Crippen LogP contribution in [0, 0.1) is 5.41 Å². The molecule has 0 aromatic heterocycles. The highest BCUT2D eigenvalue weighted by molar-refractivity contribution is 5.83. The molecule has 0 saturated carbocycles. The Morgan fingerprint density at radius 2 is 2.27 bits per heavy atom. The molecule has 1 unspecified atom stereocenters. The van der Waals surface area contributed by atoms with Gasteiger partial charge in [-0.2, -0.15) is 0 Å². The zero-order valence-corrected chi connectivity index (χ0v) is 9.59. The highest BCUT2D eigenvalue weighted by Gasteiger charge is 2.16. The molecule has 0 aliphatic heterocycles. The van der Waals surface area contributed by atoms with E-state index in [0.717, 1.165) is 17.6 Å². The van der Waals surface area contributed by atoms with E-state index in [4.69, 9.17) is 11.1 Å². The summed E-state index contributed by atoms with van der Waals surface area (Å²) >= 11 is 0. The van der Waals surface area contributed by atoms with Crippen molar-refractivity contribution in [1.82, 2.24) is 5.32 Å². The summed E-state index contributed by atoms with van der Waals surface area (Å²) in [4.78, 5) is 0. The predicted octanol–water partition coefficient (Wildman–Crippen LogP) is 1.73. The maximum Gasteiger partial charge on any atom is 0.0317 e. The molecular weight excluding hydrogens is 186 g/mol. The minimum absolute atomic E-state index is 0.360. The van der Waals surface area contributed by atoms with E-state index in [9.17, 15) is 0 Å². The van der Waals surface area contributed by atoms with Crippen LogP contribution < -0.4 is 11.1 Å². The Bertz CT molecular complexity index is 344. The quantitative estimate of drug-likeness (QED) is 0.614. The highest BCUT2D eigenvalue weighted by atomic mass is 14.9. The van der Waals surface area contributed by atoms with E-state index >= 15 is 0 Å². The third kappa shape index (κ3) is 2.57. The number of likely N-dealkylation sites (N-methyl/N-ethyl adjacent to an activating group) is 1. The SMILES string of the molecule is CNC1CC(/C(C=N)=C(\C)N)=CC=C1C. The largest absolute Gasteiger partial charge is 0.402 e. The monoisotopic (exact) mass is 205 g/mol. The van der Waals surface area contributed by atoms with Gasteiger partial charge in [0.1, 0.15) is 0 Å². The summed E-state index contributed by atoms with van der Waals surface area (Å²) < 4.78 is 0. The van der Waals surface area contributed by atoms with E-state index in [2.05, 4.69) is 24.4 Å². The minimum Gasteiger partial charge on any atom is -0.402 e. The molecule has 0 spiro atoms. The number of nitrogens with two attached hydrogens (primary N) is 1. The normalized spacial score (nSPS) is 22.7. The van der Waals surface area contributed by atoms with Gasteiger partial charge < -0.3 is 16.5 Å². The van der Waals surface area contributed by atoms with Crippen LogP contribution in [-0.4, -0.2) is 19.3 Å². The molecule has 1 aliphatic rings. The Morgan fingerprint density at radius 3 is 2.73 bits per heavy atom. The van der Waals surface area contributed by atoms with E-state index in [1.54, 1.807) is 0 Å². The average Bonchev–Trinajstić information content (AvgIpc) is 2.21. The molecule has 0 radical (unpaired) electrons. The predicted molar refractivity (Wildman–Crippen MR) is 65.0 cm³/mol. The fourth-order valence-electron chi connectivity index (χ4n) is 1.79. The molecule has 0 aromatic carbocycles. The van der Waals surface area contributed by atoms with Crippen LogP contribution in [-0.2, 0) is 0 Å². The third-order valence-corrected chi connectivity index (χ3v) is 2.78. The zero-order chi connectivity index (χ0) is 11.4. The number of nitrogens with one attached hydrogen (secondary N) is 2. The Hall–Kier alpha value is -1.35. The second-order valence-corrected chi connectivity index (χ2v) is 3.89. The van der Waals surface area contributed by atoms with Crippen molar-refractivity contribution in [1.29, 1.82) is 5.41 Å². The highest BCUT2D eigenvalue weighted by Crippen LogP contribution is 2.24. The van der Waals surface area contributed by atoms with Crippen LogP contribution in [0.2, 0.25) is 0 Å². The minimum atomic E-state index is 0.360. The maximum atomic E-state index is 7.36. The molecule has 3 heteroatoms. The molecule has 0 heterocycles. The molecule has 82 valence electrons. The molecule has 0 amide bonds. The lowest BCUT2D eigenvalue weighted by molar-refractivity contribution is 0.626.